The Morgan fingerprint density at radius 2 is 2.00 bits per heavy atom. The van der Waals surface area contributed by atoms with Gasteiger partial charge in [-0.15, -0.1) is 0 Å². The molecular weight excluding hydrogens is 224 g/mol. The van der Waals surface area contributed by atoms with E-state index in [1.54, 1.807) is 7.11 Å². The third kappa shape index (κ3) is 3.02. The third-order valence-electron chi connectivity index (χ3n) is 4.13. The Bertz CT molecular complexity index is 387. The fourth-order valence-electron chi connectivity index (χ4n) is 2.80. The van der Waals surface area contributed by atoms with E-state index < -0.39 is 0 Å². The van der Waals surface area contributed by atoms with Crippen LogP contribution in [-0.4, -0.2) is 18.6 Å². The molecule has 0 atom stereocenters. The van der Waals surface area contributed by atoms with Gasteiger partial charge in [-0.2, -0.15) is 0 Å². The number of hydrogen-bond donors (Lipinski definition) is 1. The van der Waals surface area contributed by atoms with Crippen LogP contribution in [-0.2, 0) is 6.54 Å². The van der Waals surface area contributed by atoms with Crippen molar-refractivity contribution in [1.29, 1.82) is 0 Å². The maximum Gasteiger partial charge on any atom is 0.213 e. The molecule has 18 heavy (non-hydrogen) atoms. The van der Waals surface area contributed by atoms with Gasteiger partial charge >= 0.3 is 0 Å². The minimum Gasteiger partial charge on any atom is -0.481 e. The Balaban J connectivity index is 1.48. The Labute approximate surface area is 109 Å². The largest absolute Gasteiger partial charge is 0.481 e. The molecule has 1 aromatic rings. The fraction of sp³-hybridized carbons (Fsp3) is 0.667. The maximum absolute atomic E-state index is 5.14. The van der Waals surface area contributed by atoms with Crippen molar-refractivity contribution in [2.75, 3.05) is 13.7 Å². The Morgan fingerprint density at radius 1 is 1.28 bits per heavy atom. The van der Waals surface area contributed by atoms with Gasteiger partial charge in [-0.3, -0.25) is 0 Å². The molecule has 0 unspecified atom stereocenters. The van der Waals surface area contributed by atoms with E-state index in [4.69, 9.17) is 4.74 Å². The standard InChI is InChI=1S/C15H22N2O/c1-18-15-4-2-3-13(17-15)9-16-10-14(11-5-6-11)12-7-8-12/h2-4,11-12,14,16H,5-10H2,1H3. The van der Waals surface area contributed by atoms with Gasteiger partial charge in [-0.1, -0.05) is 6.07 Å². The normalized spacial score (nSPS) is 19.2. The van der Waals surface area contributed by atoms with E-state index in [2.05, 4.69) is 16.4 Å². The van der Waals surface area contributed by atoms with Gasteiger partial charge in [0, 0.05) is 12.6 Å². The highest BCUT2D eigenvalue weighted by Crippen LogP contribution is 2.48. The van der Waals surface area contributed by atoms with Gasteiger partial charge in [0.1, 0.15) is 0 Å². The van der Waals surface area contributed by atoms with E-state index in [9.17, 15) is 0 Å². The number of ether oxygens (including phenoxy) is 1. The summed E-state index contributed by atoms with van der Waals surface area (Å²) in [6.45, 7) is 2.02. The third-order valence-corrected chi connectivity index (χ3v) is 4.13. The van der Waals surface area contributed by atoms with Crippen LogP contribution in [0.5, 0.6) is 5.88 Å². The number of nitrogens with zero attached hydrogens (tertiary/aromatic N) is 1. The van der Waals surface area contributed by atoms with Crippen LogP contribution < -0.4 is 10.1 Å². The molecule has 3 rings (SSSR count). The molecule has 1 heterocycles. The smallest absolute Gasteiger partial charge is 0.213 e. The number of methoxy groups -OCH3 is 1. The monoisotopic (exact) mass is 246 g/mol. The molecule has 0 radical (unpaired) electrons. The van der Waals surface area contributed by atoms with Crippen LogP contribution in [0.25, 0.3) is 0 Å². The molecule has 3 heteroatoms. The summed E-state index contributed by atoms with van der Waals surface area (Å²) in [5, 5.41) is 3.58. The van der Waals surface area contributed by atoms with Crippen LogP contribution in [0.4, 0.5) is 0 Å². The van der Waals surface area contributed by atoms with Crippen LogP contribution >= 0.6 is 0 Å². The van der Waals surface area contributed by atoms with Crippen molar-refractivity contribution in [1.82, 2.24) is 10.3 Å². The molecule has 3 nitrogen and oxygen atoms in total. The number of hydrogen-bond acceptors (Lipinski definition) is 3. The highest BCUT2D eigenvalue weighted by molar-refractivity contribution is 5.15. The zero-order valence-electron chi connectivity index (χ0n) is 11.1. The lowest BCUT2D eigenvalue weighted by Gasteiger charge is -2.16. The van der Waals surface area contributed by atoms with Crippen molar-refractivity contribution >= 4 is 0 Å². The molecule has 2 aliphatic carbocycles. The average molecular weight is 246 g/mol. The van der Waals surface area contributed by atoms with Crippen LogP contribution in [0.2, 0.25) is 0 Å². The summed E-state index contributed by atoms with van der Waals surface area (Å²) in [6.07, 6.45) is 5.83. The molecule has 0 aromatic carbocycles. The molecule has 0 amide bonds. The van der Waals surface area contributed by atoms with Gasteiger partial charge in [-0.05, 0) is 56.0 Å². The van der Waals surface area contributed by atoms with Crippen molar-refractivity contribution in [2.24, 2.45) is 17.8 Å². The minimum atomic E-state index is 0.704. The van der Waals surface area contributed by atoms with Crippen LogP contribution in [0.15, 0.2) is 18.2 Å². The molecule has 0 aliphatic heterocycles. The van der Waals surface area contributed by atoms with E-state index in [1.165, 1.54) is 25.7 Å². The zero-order valence-corrected chi connectivity index (χ0v) is 11.1. The first-order valence-electron chi connectivity index (χ1n) is 7.07. The van der Waals surface area contributed by atoms with Crippen molar-refractivity contribution in [2.45, 2.75) is 32.2 Å². The Hall–Kier alpha value is -1.09. The van der Waals surface area contributed by atoms with Crippen molar-refractivity contribution in [3.63, 3.8) is 0 Å². The first-order valence-corrected chi connectivity index (χ1v) is 7.07. The molecule has 1 aromatic heterocycles. The number of aromatic nitrogens is 1. The second-order valence-corrected chi connectivity index (χ2v) is 5.64. The molecule has 2 saturated carbocycles. The van der Waals surface area contributed by atoms with Crippen LogP contribution in [0, 0.1) is 17.8 Å². The highest BCUT2D eigenvalue weighted by atomic mass is 16.5. The zero-order chi connectivity index (χ0) is 12.4. The number of rotatable bonds is 7. The summed E-state index contributed by atoms with van der Waals surface area (Å²) >= 11 is 0. The topological polar surface area (TPSA) is 34.1 Å². The summed E-state index contributed by atoms with van der Waals surface area (Å²) in [6, 6.07) is 5.95. The molecule has 0 bridgehead atoms. The molecule has 0 spiro atoms. The highest BCUT2D eigenvalue weighted by Gasteiger charge is 2.40. The molecule has 2 fully saturated rings. The summed E-state index contributed by atoms with van der Waals surface area (Å²) in [7, 11) is 1.66. The summed E-state index contributed by atoms with van der Waals surface area (Å²) < 4.78 is 5.14. The van der Waals surface area contributed by atoms with E-state index in [0.717, 1.165) is 36.5 Å². The Kier molecular flexibility index (Phi) is 3.50. The van der Waals surface area contributed by atoms with Gasteiger partial charge < -0.3 is 10.1 Å². The van der Waals surface area contributed by atoms with Crippen molar-refractivity contribution in [3.8, 4) is 5.88 Å². The quantitative estimate of drug-likeness (QED) is 0.803. The van der Waals surface area contributed by atoms with E-state index >= 15 is 0 Å². The summed E-state index contributed by atoms with van der Waals surface area (Å²) in [5.41, 5.74) is 1.07. The lowest BCUT2D eigenvalue weighted by atomic mass is 9.98. The second kappa shape index (κ2) is 5.27. The first-order chi connectivity index (χ1) is 8.86. The van der Waals surface area contributed by atoms with Crippen molar-refractivity contribution < 1.29 is 4.74 Å². The van der Waals surface area contributed by atoms with Gasteiger partial charge in [0.05, 0.1) is 12.8 Å². The summed E-state index contributed by atoms with van der Waals surface area (Å²) in [5.74, 6) is 3.66. The van der Waals surface area contributed by atoms with Gasteiger partial charge in [0.25, 0.3) is 0 Å². The van der Waals surface area contributed by atoms with Gasteiger partial charge in [0.15, 0.2) is 0 Å². The van der Waals surface area contributed by atoms with Gasteiger partial charge in [-0.25, -0.2) is 4.98 Å². The minimum absolute atomic E-state index is 0.704. The summed E-state index contributed by atoms with van der Waals surface area (Å²) in [4.78, 5) is 4.42. The fourth-order valence-corrected chi connectivity index (χ4v) is 2.80. The van der Waals surface area contributed by atoms with Gasteiger partial charge in [0.2, 0.25) is 5.88 Å². The lowest BCUT2D eigenvalue weighted by molar-refractivity contribution is 0.374. The number of pyridine rings is 1. The second-order valence-electron chi connectivity index (χ2n) is 5.64. The van der Waals surface area contributed by atoms with E-state index in [1.807, 2.05) is 12.1 Å². The molecule has 1 N–H and O–H groups in total. The SMILES string of the molecule is COc1cccc(CNCC(C2CC2)C2CC2)n1. The molecule has 2 aliphatic rings. The van der Waals surface area contributed by atoms with E-state index in [0.29, 0.717) is 5.88 Å². The Morgan fingerprint density at radius 3 is 2.61 bits per heavy atom. The predicted octanol–water partition coefficient (Wildman–Crippen LogP) is 2.62. The lowest BCUT2D eigenvalue weighted by Crippen LogP contribution is -2.25. The molecule has 98 valence electrons. The van der Waals surface area contributed by atoms with Crippen LogP contribution in [0.1, 0.15) is 31.4 Å². The predicted molar refractivity (Wildman–Crippen MR) is 71.4 cm³/mol. The first kappa shape index (κ1) is 12.0. The molecule has 0 saturated heterocycles. The van der Waals surface area contributed by atoms with Crippen molar-refractivity contribution in [3.05, 3.63) is 23.9 Å². The average Bonchev–Trinajstić information content (AvgIpc) is 3.28. The number of nitrogens with one attached hydrogen (secondary N) is 1. The molecular formula is C15H22N2O. The van der Waals surface area contributed by atoms with E-state index in [-0.39, 0.29) is 0 Å². The maximum atomic E-state index is 5.14. The van der Waals surface area contributed by atoms with Crippen LogP contribution in [0.3, 0.4) is 0 Å².